The Morgan fingerprint density at radius 1 is 1.21 bits per heavy atom. The molecule has 2 aromatic heterocycles. The first-order valence-electron chi connectivity index (χ1n) is 6.80. The Bertz CT molecular complexity index is 547. The monoisotopic (exact) mass is 254 g/mol. The van der Waals surface area contributed by atoms with Gasteiger partial charge in [-0.1, -0.05) is 6.07 Å². The summed E-state index contributed by atoms with van der Waals surface area (Å²) in [6.45, 7) is 4.11. The van der Waals surface area contributed by atoms with E-state index >= 15 is 0 Å². The molecule has 98 valence electrons. The molecule has 3 rings (SSSR count). The second kappa shape index (κ2) is 5.45. The van der Waals surface area contributed by atoms with Crippen LogP contribution in [0.2, 0.25) is 0 Å². The highest BCUT2D eigenvalue weighted by molar-refractivity contribution is 5.53. The number of pyridine rings is 1. The van der Waals surface area contributed by atoms with Crippen LogP contribution in [0.3, 0.4) is 0 Å². The predicted molar refractivity (Wildman–Crippen MR) is 74.8 cm³/mol. The van der Waals surface area contributed by atoms with E-state index in [4.69, 9.17) is 4.98 Å². The second-order valence-electron chi connectivity index (χ2n) is 5.01. The third-order valence-corrected chi connectivity index (χ3v) is 3.46. The predicted octanol–water partition coefficient (Wildman–Crippen LogP) is 2.31. The van der Waals surface area contributed by atoms with Crippen LogP contribution >= 0.6 is 0 Å². The highest BCUT2D eigenvalue weighted by atomic mass is 14.9. The summed E-state index contributed by atoms with van der Waals surface area (Å²) in [5.41, 5.74) is 2.85. The maximum atomic E-state index is 4.71. The summed E-state index contributed by atoms with van der Waals surface area (Å²) >= 11 is 0. The third kappa shape index (κ3) is 2.79. The van der Waals surface area contributed by atoms with E-state index in [9.17, 15) is 0 Å². The summed E-state index contributed by atoms with van der Waals surface area (Å²) in [7, 11) is 0. The Hall–Kier alpha value is -1.81. The molecule has 3 heterocycles. The molecule has 0 amide bonds. The van der Waals surface area contributed by atoms with Crippen LogP contribution in [-0.2, 0) is 0 Å². The lowest BCUT2D eigenvalue weighted by Crippen LogP contribution is -2.29. The third-order valence-electron chi connectivity index (χ3n) is 3.46. The molecule has 2 aromatic rings. The van der Waals surface area contributed by atoms with Gasteiger partial charge < -0.3 is 5.32 Å². The van der Waals surface area contributed by atoms with Crippen LogP contribution < -0.4 is 5.32 Å². The minimum atomic E-state index is 0.427. The lowest BCUT2D eigenvalue weighted by atomic mass is 9.98. The Balaban J connectivity index is 1.96. The van der Waals surface area contributed by atoms with Crippen LogP contribution in [0.1, 0.15) is 30.3 Å². The van der Waals surface area contributed by atoms with Gasteiger partial charge in [0.15, 0.2) is 0 Å². The fraction of sp³-hybridized carbons (Fsp3) is 0.400. The van der Waals surface area contributed by atoms with Crippen LogP contribution in [0, 0.1) is 6.92 Å². The first kappa shape index (κ1) is 12.2. The number of aromatic nitrogens is 3. The quantitative estimate of drug-likeness (QED) is 0.893. The van der Waals surface area contributed by atoms with Crippen molar-refractivity contribution < 1.29 is 0 Å². The molecule has 19 heavy (non-hydrogen) atoms. The van der Waals surface area contributed by atoms with Gasteiger partial charge in [0.05, 0.1) is 11.4 Å². The van der Waals surface area contributed by atoms with Crippen molar-refractivity contribution in [3.8, 4) is 11.4 Å². The van der Waals surface area contributed by atoms with Crippen molar-refractivity contribution >= 4 is 0 Å². The number of hydrogen-bond acceptors (Lipinski definition) is 4. The Morgan fingerprint density at radius 3 is 2.89 bits per heavy atom. The standard InChI is InChI=1S/C15H18N4/c1-11-9-14(13-6-2-3-8-17-13)19-15(18-11)12-5-4-7-16-10-12/h2-3,6,8-9,12,16H,4-5,7,10H2,1H3. The molecule has 4 heteroatoms. The number of nitrogens with zero attached hydrogens (tertiary/aromatic N) is 3. The molecule has 0 aliphatic carbocycles. The van der Waals surface area contributed by atoms with Crippen LogP contribution in [0.4, 0.5) is 0 Å². The summed E-state index contributed by atoms with van der Waals surface area (Å²) in [4.78, 5) is 13.7. The van der Waals surface area contributed by atoms with Crippen molar-refractivity contribution in [2.24, 2.45) is 0 Å². The summed E-state index contributed by atoms with van der Waals surface area (Å²) in [6.07, 6.45) is 4.16. The SMILES string of the molecule is Cc1cc(-c2ccccn2)nc(C2CCCNC2)n1. The van der Waals surface area contributed by atoms with Gasteiger partial charge in [0.2, 0.25) is 0 Å². The number of hydrogen-bond donors (Lipinski definition) is 1. The molecule has 1 saturated heterocycles. The molecule has 0 bridgehead atoms. The number of piperidine rings is 1. The van der Waals surface area contributed by atoms with Gasteiger partial charge in [0.25, 0.3) is 0 Å². The summed E-state index contributed by atoms with van der Waals surface area (Å²) in [5.74, 6) is 1.38. The second-order valence-corrected chi connectivity index (χ2v) is 5.01. The lowest BCUT2D eigenvalue weighted by molar-refractivity contribution is 0.446. The summed E-state index contributed by atoms with van der Waals surface area (Å²) < 4.78 is 0. The van der Waals surface area contributed by atoms with Crippen LogP contribution in [0.25, 0.3) is 11.4 Å². The van der Waals surface area contributed by atoms with E-state index in [-0.39, 0.29) is 0 Å². The maximum absolute atomic E-state index is 4.71. The molecule has 1 N–H and O–H groups in total. The molecular formula is C15H18N4. The van der Waals surface area contributed by atoms with Crippen molar-refractivity contribution in [2.45, 2.75) is 25.7 Å². The lowest BCUT2D eigenvalue weighted by Gasteiger charge is -2.22. The Labute approximate surface area is 113 Å². The van der Waals surface area contributed by atoms with Crippen molar-refractivity contribution in [3.05, 3.63) is 42.0 Å². The molecular weight excluding hydrogens is 236 g/mol. The van der Waals surface area contributed by atoms with Crippen molar-refractivity contribution in [3.63, 3.8) is 0 Å². The Kier molecular flexibility index (Phi) is 3.51. The highest BCUT2D eigenvalue weighted by Crippen LogP contribution is 2.23. The van der Waals surface area contributed by atoms with Crippen LogP contribution in [0.5, 0.6) is 0 Å². The van der Waals surface area contributed by atoms with E-state index in [0.717, 1.165) is 42.4 Å². The van der Waals surface area contributed by atoms with E-state index in [1.807, 2.05) is 31.2 Å². The van der Waals surface area contributed by atoms with Crippen LogP contribution in [-0.4, -0.2) is 28.0 Å². The van der Waals surface area contributed by atoms with Gasteiger partial charge in [-0.15, -0.1) is 0 Å². The molecule has 1 aliphatic rings. The zero-order valence-electron chi connectivity index (χ0n) is 11.1. The number of nitrogens with one attached hydrogen (secondary N) is 1. The van der Waals surface area contributed by atoms with Gasteiger partial charge in [-0.05, 0) is 44.5 Å². The largest absolute Gasteiger partial charge is 0.316 e. The molecule has 0 aromatic carbocycles. The maximum Gasteiger partial charge on any atom is 0.133 e. The molecule has 1 fully saturated rings. The number of rotatable bonds is 2. The molecule has 0 saturated carbocycles. The zero-order chi connectivity index (χ0) is 13.1. The van der Waals surface area contributed by atoms with E-state index in [0.29, 0.717) is 5.92 Å². The molecule has 0 radical (unpaired) electrons. The topological polar surface area (TPSA) is 50.7 Å². The minimum Gasteiger partial charge on any atom is -0.316 e. The average molecular weight is 254 g/mol. The molecule has 1 aliphatic heterocycles. The smallest absolute Gasteiger partial charge is 0.133 e. The summed E-state index contributed by atoms with van der Waals surface area (Å²) in [6, 6.07) is 7.90. The van der Waals surface area contributed by atoms with Gasteiger partial charge in [0, 0.05) is 24.4 Å². The average Bonchev–Trinajstić information content (AvgIpc) is 2.48. The van der Waals surface area contributed by atoms with Gasteiger partial charge in [-0.25, -0.2) is 9.97 Å². The van der Waals surface area contributed by atoms with Gasteiger partial charge >= 0.3 is 0 Å². The molecule has 1 unspecified atom stereocenters. The Morgan fingerprint density at radius 2 is 2.16 bits per heavy atom. The fourth-order valence-electron chi connectivity index (χ4n) is 2.49. The van der Waals surface area contributed by atoms with Gasteiger partial charge in [-0.3, -0.25) is 4.98 Å². The molecule has 4 nitrogen and oxygen atoms in total. The van der Waals surface area contributed by atoms with Gasteiger partial charge in [0.1, 0.15) is 5.82 Å². The van der Waals surface area contributed by atoms with E-state index < -0.39 is 0 Å². The highest BCUT2D eigenvalue weighted by Gasteiger charge is 2.19. The first-order chi connectivity index (χ1) is 9.33. The number of aryl methyl sites for hydroxylation is 1. The van der Waals surface area contributed by atoms with E-state index in [1.165, 1.54) is 6.42 Å². The van der Waals surface area contributed by atoms with Gasteiger partial charge in [-0.2, -0.15) is 0 Å². The normalized spacial score (nSPS) is 19.3. The fourth-order valence-corrected chi connectivity index (χ4v) is 2.49. The van der Waals surface area contributed by atoms with Crippen molar-refractivity contribution in [1.29, 1.82) is 0 Å². The minimum absolute atomic E-state index is 0.427. The summed E-state index contributed by atoms with van der Waals surface area (Å²) in [5, 5.41) is 3.42. The van der Waals surface area contributed by atoms with Crippen molar-refractivity contribution in [1.82, 2.24) is 20.3 Å². The van der Waals surface area contributed by atoms with E-state index in [1.54, 1.807) is 6.20 Å². The van der Waals surface area contributed by atoms with Crippen molar-refractivity contribution in [2.75, 3.05) is 13.1 Å². The molecule has 0 spiro atoms. The zero-order valence-corrected chi connectivity index (χ0v) is 11.1. The van der Waals surface area contributed by atoms with E-state index in [2.05, 4.69) is 15.3 Å². The molecule has 1 atom stereocenters. The first-order valence-corrected chi connectivity index (χ1v) is 6.80. The van der Waals surface area contributed by atoms with Crippen LogP contribution in [0.15, 0.2) is 30.5 Å².